The number of nitrogens with one attached hydrogen (secondary N) is 1. The molecule has 23 heavy (non-hydrogen) atoms. The van der Waals surface area contributed by atoms with Crippen LogP contribution in [0.5, 0.6) is 5.75 Å². The standard InChI is InChI=1S/C16H15BrN2O4/c1-9-4-5-12(19(21)22)8-14(9)18-16(20)23-13-6-10(2)15(17)11(3)7-13/h4-8H,1-3H3,(H,18,20). The average Bonchev–Trinajstić information content (AvgIpc) is 2.46. The van der Waals surface area contributed by atoms with E-state index >= 15 is 0 Å². The van der Waals surface area contributed by atoms with Crippen LogP contribution in [0.3, 0.4) is 0 Å². The summed E-state index contributed by atoms with van der Waals surface area (Å²) in [6, 6.07) is 7.72. The van der Waals surface area contributed by atoms with E-state index in [4.69, 9.17) is 4.74 Å². The van der Waals surface area contributed by atoms with Crippen LogP contribution < -0.4 is 10.1 Å². The van der Waals surface area contributed by atoms with E-state index < -0.39 is 11.0 Å². The molecule has 0 saturated heterocycles. The Hall–Kier alpha value is -2.41. The first kappa shape index (κ1) is 17.0. The SMILES string of the molecule is Cc1ccc([N+](=O)[O-])cc1NC(=O)Oc1cc(C)c(Br)c(C)c1. The number of carbonyl (C=O) groups excluding carboxylic acids is 1. The molecule has 7 heteroatoms. The van der Waals surface area contributed by atoms with Gasteiger partial charge in [0.25, 0.3) is 5.69 Å². The number of aryl methyl sites for hydroxylation is 3. The highest BCUT2D eigenvalue weighted by molar-refractivity contribution is 9.10. The summed E-state index contributed by atoms with van der Waals surface area (Å²) in [5.74, 6) is 0.406. The van der Waals surface area contributed by atoms with Gasteiger partial charge in [0, 0.05) is 16.6 Å². The minimum Gasteiger partial charge on any atom is -0.410 e. The number of hydrogen-bond acceptors (Lipinski definition) is 4. The number of rotatable bonds is 3. The highest BCUT2D eigenvalue weighted by Crippen LogP contribution is 2.27. The van der Waals surface area contributed by atoms with Gasteiger partial charge in [-0.3, -0.25) is 15.4 Å². The van der Waals surface area contributed by atoms with Crippen LogP contribution in [0.1, 0.15) is 16.7 Å². The maximum Gasteiger partial charge on any atom is 0.417 e. The maximum absolute atomic E-state index is 12.0. The Morgan fingerprint density at radius 3 is 2.30 bits per heavy atom. The molecule has 0 atom stereocenters. The molecular weight excluding hydrogens is 364 g/mol. The van der Waals surface area contributed by atoms with Crippen molar-refractivity contribution in [2.24, 2.45) is 0 Å². The van der Waals surface area contributed by atoms with Gasteiger partial charge in [0.15, 0.2) is 0 Å². The van der Waals surface area contributed by atoms with Gasteiger partial charge in [0.1, 0.15) is 5.75 Å². The van der Waals surface area contributed by atoms with Gasteiger partial charge in [0.05, 0.1) is 10.6 Å². The third-order valence-electron chi connectivity index (χ3n) is 3.29. The lowest BCUT2D eigenvalue weighted by Crippen LogP contribution is -2.17. The van der Waals surface area contributed by atoms with Crippen molar-refractivity contribution >= 4 is 33.4 Å². The summed E-state index contributed by atoms with van der Waals surface area (Å²) in [6.45, 7) is 5.53. The quantitative estimate of drug-likeness (QED) is 0.608. The van der Waals surface area contributed by atoms with Gasteiger partial charge in [-0.2, -0.15) is 0 Å². The summed E-state index contributed by atoms with van der Waals surface area (Å²) >= 11 is 3.44. The van der Waals surface area contributed by atoms with E-state index in [0.717, 1.165) is 15.6 Å². The van der Waals surface area contributed by atoms with Crippen molar-refractivity contribution in [2.75, 3.05) is 5.32 Å². The van der Waals surface area contributed by atoms with Crippen molar-refractivity contribution in [1.82, 2.24) is 0 Å². The molecule has 2 rings (SSSR count). The Kier molecular flexibility index (Phi) is 5.00. The number of non-ortho nitro benzene ring substituents is 1. The number of benzene rings is 2. The second-order valence-electron chi connectivity index (χ2n) is 5.14. The molecule has 6 nitrogen and oxygen atoms in total. The topological polar surface area (TPSA) is 81.5 Å². The number of hydrogen-bond donors (Lipinski definition) is 1. The van der Waals surface area contributed by atoms with Crippen LogP contribution in [0.2, 0.25) is 0 Å². The van der Waals surface area contributed by atoms with Gasteiger partial charge in [-0.25, -0.2) is 4.79 Å². The Balaban J connectivity index is 2.17. The van der Waals surface area contributed by atoms with Crippen LogP contribution in [0.4, 0.5) is 16.2 Å². The Labute approximate surface area is 141 Å². The van der Waals surface area contributed by atoms with Crippen LogP contribution in [0, 0.1) is 30.9 Å². The third-order valence-corrected chi connectivity index (χ3v) is 4.54. The van der Waals surface area contributed by atoms with Crippen molar-refractivity contribution in [3.05, 3.63) is 61.6 Å². The zero-order valence-corrected chi connectivity index (χ0v) is 14.4. The van der Waals surface area contributed by atoms with Crippen molar-refractivity contribution < 1.29 is 14.5 Å². The molecule has 1 amide bonds. The third kappa shape index (κ3) is 4.07. The van der Waals surface area contributed by atoms with Crippen molar-refractivity contribution in [3.63, 3.8) is 0 Å². The number of nitro benzene ring substituents is 1. The van der Waals surface area contributed by atoms with Crippen LogP contribution >= 0.6 is 15.9 Å². The number of anilines is 1. The molecule has 2 aromatic carbocycles. The maximum atomic E-state index is 12.0. The van der Waals surface area contributed by atoms with Crippen LogP contribution in [0.25, 0.3) is 0 Å². The monoisotopic (exact) mass is 378 g/mol. The van der Waals surface area contributed by atoms with Crippen LogP contribution in [-0.4, -0.2) is 11.0 Å². The molecule has 0 unspecified atom stereocenters. The number of nitro groups is 1. The van der Waals surface area contributed by atoms with Gasteiger partial charge in [-0.05, 0) is 49.6 Å². The first-order valence-electron chi connectivity index (χ1n) is 6.78. The Bertz CT molecular complexity index is 767. The fourth-order valence-corrected chi connectivity index (χ4v) is 2.29. The van der Waals surface area contributed by atoms with Crippen molar-refractivity contribution in [1.29, 1.82) is 0 Å². The molecule has 0 fully saturated rings. The molecule has 0 aliphatic carbocycles. The second-order valence-corrected chi connectivity index (χ2v) is 5.93. The van der Waals surface area contributed by atoms with Gasteiger partial charge in [0.2, 0.25) is 0 Å². The summed E-state index contributed by atoms with van der Waals surface area (Å²) in [5.41, 5.74) is 2.84. The van der Waals surface area contributed by atoms with E-state index in [0.29, 0.717) is 17.0 Å². The minimum atomic E-state index is -0.699. The average molecular weight is 379 g/mol. The zero-order valence-electron chi connectivity index (χ0n) is 12.8. The summed E-state index contributed by atoms with van der Waals surface area (Å²) in [6.07, 6.45) is -0.699. The predicted molar refractivity (Wildman–Crippen MR) is 91.1 cm³/mol. The van der Waals surface area contributed by atoms with E-state index in [2.05, 4.69) is 21.2 Å². The van der Waals surface area contributed by atoms with Crippen molar-refractivity contribution in [3.8, 4) is 5.75 Å². The molecule has 0 saturated carbocycles. The lowest BCUT2D eigenvalue weighted by molar-refractivity contribution is -0.384. The molecule has 1 N–H and O–H groups in total. The molecular formula is C16H15BrN2O4. The van der Waals surface area contributed by atoms with E-state index in [1.54, 1.807) is 25.1 Å². The molecule has 0 spiro atoms. The van der Waals surface area contributed by atoms with Crippen LogP contribution in [-0.2, 0) is 0 Å². The first-order valence-corrected chi connectivity index (χ1v) is 7.58. The molecule has 0 aliphatic heterocycles. The largest absolute Gasteiger partial charge is 0.417 e. The summed E-state index contributed by atoms with van der Waals surface area (Å²) in [4.78, 5) is 22.3. The zero-order chi connectivity index (χ0) is 17.1. The molecule has 2 aromatic rings. The molecule has 120 valence electrons. The number of amides is 1. The summed E-state index contributed by atoms with van der Waals surface area (Å²) in [7, 11) is 0. The lowest BCUT2D eigenvalue weighted by Gasteiger charge is -2.11. The normalized spacial score (nSPS) is 10.3. The fourth-order valence-electron chi connectivity index (χ4n) is 2.07. The number of carbonyl (C=O) groups is 1. The molecule has 0 heterocycles. The predicted octanol–water partition coefficient (Wildman–Crippen LogP) is 4.89. The molecule has 0 aliphatic rings. The van der Waals surface area contributed by atoms with Crippen molar-refractivity contribution in [2.45, 2.75) is 20.8 Å². The van der Waals surface area contributed by atoms with E-state index in [9.17, 15) is 14.9 Å². The Morgan fingerprint density at radius 2 is 1.74 bits per heavy atom. The van der Waals surface area contributed by atoms with Crippen LogP contribution in [0.15, 0.2) is 34.8 Å². The van der Waals surface area contributed by atoms with Gasteiger partial charge < -0.3 is 4.74 Å². The van der Waals surface area contributed by atoms with E-state index in [1.165, 1.54) is 12.1 Å². The first-order chi connectivity index (χ1) is 10.8. The second kappa shape index (κ2) is 6.78. The van der Waals surface area contributed by atoms with Gasteiger partial charge >= 0.3 is 6.09 Å². The Morgan fingerprint density at radius 1 is 1.13 bits per heavy atom. The summed E-state index contributed by atoms with van der Waals surface area (Å²) < 4.78 is 6.21. The highest BCUT2D eigenvalue weighted by atomic mass is 79.9. The van der Waals surface area contributed by atoms with E-state index in [1.807, 2.05) is 13.8 Å². The number of halogens is 1. The molecule has 0 bridgehead atoms. The minimum absolute atomic E-state index is 0.0961. The molecule has 0 radical (unpaired) electrons. The highest BCUT2D eigenvalue weighted by Gasteiger charge is 2.13. The van der Waals surface area contributed by atoms with E-state index in [-0.39, 0.29) is 5.69 Å². The smallest absolute Gasteiger partial charge is 0.410 e. The van der Waals surface area contributed by atoms with Gasteiger partial charge in [-0.1, -0.05) is 22.0 Å². The number of ether oxygens (including phenoxy) is 1. The lowest BCUT2D eigenvalue weighted by atomic mass is 10.1. The molecule has 0 aromatic heterocycles. The number of nitrogens with zero attached hydrogens (tertiary/aromatic N) is 1. The summed E-state index contributed by atoms with van der Waals surface area (Å²) in [5, 5.41) is 13.3. The fraction of sp³-hybridized carbons (Fsp3) is 0.188. The van der Waals surface area contributed by atoms with Gasteiger partial charge in [-0.15, -0.1) is 0 Å².